The van der Waals surface area contributed by atoms with Crippen molar-refractivity contribution in [1.29, 1.82) is 0 Å². The van der Waals surface area contributed by atoms with Crippen LogP contribution in [-0.2, 0) is 10.0 Å². The highest BCUT2D eigenvalue weighted by atomic mass is 32.2. The van der Waals surface area contributed by atoms with Gasteiger partial charge in [-0.2, -0.15) is 17.5 Å². The maximum atomic E-state index is 12.3. The van der Waals surface area contributed by atoms with Crippen molar-refractivity contribution in [1.82, 2.24) is 4.31 Å². The van der Waals surface area contributed by atoms with Crippen molar-refractivity contribution < 1.29 is 21.6 Å². The van der Waals surface area contributed by atoms with Crippen LogP contribution in [0.4, 0.5) is 13.2 Å². The molecule has 0 atom stereocenters. The summed E-state index contributed by atoms with van der Waals surface area (Å²) in [6, 6.07) is -0.709. The van der Waals surface area contributed by atoms with Crippen LogP contribution in [0.5, 0.6) is 0 Å². The molecule has 0 rings (SSSR count). The number of alkyl halides is 3. The van der Waals surface area contributed by atoms with Crippen LogP contribution in [0, 0.1) is 0 Å². The van der Waals surface area contributed by atoms with Crippen LogP contribution < -0.4 is 5.73 Å². The van der Waals surface area contributed by atoms with Gasteiger partial charge >= 0.3 is 6.18 Å². The molecule has 0 bridgehead atoms. The summed E-state index contributed by atoms with van der Waals surface area (Å²) >= 11 is 0. The monoisotopic (exact) mass is 276 g/mol. The molecule has 0 heterocycles. The zero-order valence-corrected chi connectivity index (χ0v) is 10.8. The summed E-state index contributed by atoms with van der Waals surface area (Å²) in [5, 5.41) is 0. The third-order valence-corrected chi connectivity index (χ3v) is 4.19. The molecular weight excluding hydrogens is 257 g/mol. The Morgan fingerprint density at radius 2 is 1.76 bits per heavy atom. The first kappa shape index (κ1) is 16.7. The second-order valence-electron chi connectivity index (χ2n) is 4.07. The van der Waals surface area contributed by atoms with Gasteiger partial charge in [-0.05, 0) is 33.2 Å². The molecule has 104 valence electrons. The summed E-state index contributed by atoms with van der Waals surface area (Å²) in [4.78, 5) is 0. The molecule has 0 radical (unpaired) electrons. The number of hydrogen-bond acceptors (Lipinski definition) is 3. The van der Waals surface area contributed by atoms with Crippen molar-refractivity contribution >= 4 is 10.0 Å². The van der Waals surface area contributed by atoms with Gasteiger partial charge in [0.2, 0.25) is 10.0 Å². The van der Waals surface area contributed by atoms with Crippen molar-refractivity contribution in [2.75, 3.05) is 18.8 Å². The van der Waals surface area contributed by atoms with Crippen molar-refractivity contribution in [2.24, 2.45) is 5.73 Å². The minimum absolute atomic E-state index is 0.278. The first-order valence-corrected chi connectivity index (χ1v) is 6.97. The Hall–Kier alpha value is -0.340. The number of nitrogens with two attached hydrogens (primary N) is 1. The molecule has 0 fully saturated rings. The van der Waals surface area contributed by atoms with E-state index in [4.69, 9.17) is 5.73 Å². The molecule has 0 saturated heterocycles. The lowest BCUT2D eigenvalue weighted by Gasteiger charge is -2.26. The molecule has 0 aromatic carbocycles. The van der Waals surface area contributed by atoms with E-state index in [0.29, 0.717) is 17.3 Å². The summed E-state index contributed by atoms with van der Waals surface area (Å²) in [6.07, 6.45) is -3.76. The lowest BCUT2D eigenvalue weighted by molar-refractivity contribution is -0.138. The fourth-order valence-electron chi connectivity index (χ4n) is 1.32. The third-order valence-electron chi connectivity index (χ3n) is 2.12. The Morgan fingerprint density at radius 3 is 2.12 bits per heavy atom. The number of sulfonamides is 1. The molecule has 0 amide bonds. The van der Waals surface area contributed by atoms with Crippen molar-refractivity contribution in [3.63, 3.8) is 0 Å². The minimum atomic E-state index is -4.52. The summed E-state index contributed by atoms with van der Waals surface area (Å²) < 4.78 is 60.7. The summed E-state index contributed by atoms with van der Waals surface area (Å²) in [6.45, 7) is 1.74. The molecular formula is C9H19F3N2O2S. The SMILES string of the molecule is CC(C)N(CC(F)(F)F)S(=O)(=O)CCCCN. The summed E-state index contributed by atoms with van der Waals surface area (Å²) in [7, 11) is -3.87. The van der Waals surface area contributed by atoms with Gasteiger partial charge in [0, 0.05) is 6.04 Å². The number of unbranched alkanes of at least 4 members (excludes halogenated alkanes) is 1. The van der Waals surface area contributed by atoms with E-state index in [1.54, 1.807) is 0 Å². The van der Waals surface area contributed by atoms with E-state index in [-0.39, 0.29) is 12.2 Å². The van der Waals surface area contributed by atoms with Gasteiger partial charge in [0.05, 0.1) is 5.75 Å². The Morgan fingerprint density at radius 1 is 1.24 bits per heavy atom. The van der Waals surface area contributed by atoms with Gasteiger partial charge in [0.1, 0.15) is 6.54 Å². The predicted octanol–water partition coefficient (Wildman–Crippen LogP) is 1.33. The van der Waals surface area contributed by atoms with Crippen LogP contribution in [0.3, 0.4) is 0 Å². The molecule has 0 aliphatic carbocycles. The number of halogens is 3. The number of hydrogen-bond donors (Lipinski definition) is 1. The van der Waals surface area contributed by atoms with Crippen LogP contribution in [0.1, 0.15) is 26.7 Å². The minimum Gasteiger partial charge on any atom is -0.330 e. The van der Waals surface area contributed by atoms with Crippen molar-refractivity contribution in [3.05, 3.63) is 0 Å². The highest BCUT2D eigenvalue weighted by molar-refractivity contribution is 7.89. The summed E-state index contributed by atoms with van der Waals surface area (Å²) in [5.41, 5.74) is 5.21. The fraction of sp³-hybridized carbons (Fsp3) is 1.00. The van der Waals surface area contributed by atoms with E-state index >= 15 is 0 Å². The Labute approximate surface area is 100 Å². The fourth-order valence-corrected chi connectivity index (χ4v) is 3.11. The van der Waals surface area contributed by atoms with Crippen LogP contribution in [0.2, 0.25) is 0 Å². The predicted molar refractivity (Wildman–Crippen MR) is 60.0 cm³/mol. The summed E-state index contributed by atoms with van der Waals surface area (Å²) in [5.74, 6) is -0.293. The van der Waals surface area contributed by atoms with Crippen molar-refractivity contribution in [3.8, 4) is 0 Å². The third kappa shape index (κ3) is 6.85. The normalized spacial score (nSPS) is 13.6. The van der Waals surface area contributed by atoms with Crippen LogP contribution >= 0.6 is 0 Å². The molecule has 2 N–H and O–H groups in total. The van der Waals surface area contributed by atoms with E-state index < -0.39 is 28.8 Å². The zero-order chi connectivity index (χ0) is 13.7. The average Bonchev–Trinajstić information content (AvgIpc) is 2.12. The van der Waals surface area contributed by atoms with Crippen LogP contribution in [0.15, 0.2) is 0 Å². The van der Waals surface area contributed by atoms with E-state index in [2.05, 4.69) is 0 Å². The second-order valence-corrected chi connectivity index (χ2v) is 6.11. The topological polar surface area (TPSA) is 63.4 Å². The van der Waals surface area contributed by atoms with Gasteiger partial charge in [-0.3, -0.25) is 0 Å². The molecule has 0 spiro atoms. The molecule has 0 aliphatic heterocycles. The molecule has 8 heteroatoms. The lowest BCUT2D eigenvalue weighted by atomic mass is 10.3. The molecule has 0 unspecified atom stereocenters. The van der Waals surface area contributed by atoms with E-state index in [1.807, 2.05) is 0 Å². The van der Waals surface area contributed by atoms with Crippen molar-refractivity contribution in [2.45, 2.75) is 38.9 Å². The Bertz CT molecular complexity index is 315. The average molecular weight is 276 g/mol. The van der Waals surface area contributed by atoms with Gasteiger partial charge < -0.3 is 5.73 Å². The molecule has 17 heavy (non-hydrogen) atoms. The maximum absolute atomic E-state index is 12.3. The molecule has 0 aliphatic rings. The lowest BCUT2D eigenvalue weighted by Crippen LogP contribution is -2.44. The van der Waals surface area contributed by atoms with Gasteiger partial charge in [0.15, 0.2) is 0 Å². The molecule has 0 aromatic heterocycles. The first-order valence-electron chi connectivity index (χ1n) is 5.36. The second kappa shape index (κ2) is 6.55. The standard InChI is InChI=1S/C9H19F3N2O2S/c1-8(2)14(7-9(10,11)12)17(15,16)6-4-3-5-13/h8H,3-7,13H2,1-2H3. The highest BCUT2D eigenvalue weighted by Gasteiger charge is 2.37. The molecule has 0 aromatic rings. The van der Waals surface area contributed by atoms with E-state index in [1.165, 1.54) is 13.8 Å². The van der Waals surface area contributed by atoms with Gasteiger partial charge in [-0.15, -0.1) is 0 Å². The Kier molecular flexibility index (Phi) is 6.42. The van der Waals surface area contributed by atoms with Crippen LogP contribution in [0.25, 0.3) is 0 Å². The highest BCUT2D eigenvalue weighted by Crippen LogP contribution is 2.21. The van der Waals surface area contributed by atoms with E-state index in [9.17, 15) is 21.6 Å². The maximum Gasteiger partial charge on any atom is 0.402 e. The molecule has 0 saturated carbocycles. The van der Waals surface area contributed by atoms with Gasteiger partial charge in [0.25, 0.3) is 0 Å². The number of nitrogens with zero attached hydrogens (tertiary/aromatic N) is 1. The quantitative estimate of drug-likeness (QED) is 0.713. The smallest absolute Gasteiger partial charge is 0.330 e. The van der Waals surface area contributed by atoms with Gasteiger partial charge in [-0.1, -0.05) is 0 Å². The van der Waals surface area contributed by atoms with Crippen LogP contribution in [-0.4, -0.2) is 43.8 Å². The first-order chi connectivity index (χ1) is 7.60. The van der Waals surface area contributed by atoms with E-state index in [0.717, 1.165) is 0 Å². The zero-order valence-electron chi connectivity index (χ0n) is 10.00. The number of rotatable bonds is 7. The van der Waals surface area contributed by atoms with Gasteiger partial charge in [-0.25, -0.2) is 8.42 Å². The largest absolute Gasteiger partial charge is 0.402 e. The molecule has 4 nitrogen and oxygen atoms in total. The Balaban J connectivity index is 4.69.